The molecule has 0 aromatic heterocycles. The molecule has 0 rings (SSSR count). The number of hydrogen-bond donors (Lipinski definition) is 3. The molecule has 0 spiro atoms. The summed E-state index contributed by atoms with van der Waals surface area (Å²) in [7, 11) is 0. The van der Waals surface area contributed by atoms with Gasteiger partial charge in [0, 0.05) is 18.9 Å². The van der Waals surface area contributed by atoms with E-state index in [4.69, 9.17) is 15.3 Å². The SMILES string of the molecule is O=C(O)C(O)CO.[Li]. The third kappa shape index (κ3) is 4.15. The second kappa shape index (κ2) is 5.13. The Morgan fingerprint density at radius 3 is 2.00 bits per heavy atom. The second-order valence-corrected chi connectivity index (χ2v) is 1.04. The van der Waals surface area contributed by atoms with Crippen LogP contribution in [-0.4, -0.2) is 52.9 Å². The van der Waals surface area contributed by atoms with E-state index in [-0.39, 0.29) is 18.9 Å². The average Bonchev–Trinajstić information content (AvgIpc) is 1.65. The number of aliphatic hydroxyl groups is 2. The van der Waals surface area contributed by atoms with Crippen molar-refractivity contribution in [1.82, 2.24) is 0 Å². The van der Waals surface area contributed by atoms with Crippen molar-refractivity contribution in [3.8, 4) is 0 Å². The third-order valence-electron chi connectivity index (χ3n) is 0.458. The average molecular weight is 113 g/mol. The third-order valence-corrected chi connectivity index (χ3v) is 0.458. The molecule has 0 amide bonds. The number of carbonyl (C=O) groups is 1. The summed E-state index contributed by atoms with van der Waals surface area (Å²) in [5, 5.41) is 23.7. The van der Waals surface area contributed by atoms with Gasteiger partial charge in [0.2, 0.25) is 0 Å². The van der Waals surface area contributed by atoms with E-state index in [9.17, 15) is 4.79 Å². The molecular formula is C3H6LiO4. The predicted molar refractivity (Wildman–Crippen MR) is 26.5 cm³/mol. The van der Waals surface area contributed by atoms with Gasteiger partial charge in [-0.3, -0.25) is 0 Å². The van der Waals surface area contributed by atoms with Crippen LogP contribution in [0.25, 0.3) is 0 Å². The number of carboxylic acid groups (broad SMARTS) is 1. The Bertz CT molecular complexity index is 73.7. The van der Waals surface area contributed by atoms with E-state index >= 15 is 0 Å². The van der Waals surface area contributed by atoms with Crippen LogP contribution in [0.2, 0.25) is 0 Å². The molecule has 3 N–H and O–H groups in total. The summed E-state index contributed by atoms with van der Waals surface area (Å²) in [4.78, 5) is 9.52. The largest absolute Gasteiger partial charge is 0.479 e. The first-order valence-electron chi connectivity index (χ1n) is 1.70. The number of carboxylic acids is 1. The zero-order valence-electron chi connectivity index (χ0n) is 4.53. The zero-order chi connectivity index (χ0) is 5.86. The summed E-state index contributed by atoms with van der Waals surface area (Å²) in [5.74, 6) is -1.40. The molecule has 0 fully saturated rings. The molecule has 0 heterocycles. The molecule has 1 atom stereocenters. The topological polar surface area (TPSA) is 77.8 Å². The Hall–Kier alpha value is -0.0126. The molecule has 1 unspecified atom stereocenters. The molecule has 5 heteroatoms. The summed E-state index contributed by atoms with van der Waals surface area (Å²) in [6.45, 7) is -0.727. The van der Waals surface area contributed by atoms with E-state index in [2.05, 4.69) is 0 Å². The molecule has 0 aliphatic carbocycles. The monoisotopic (exact) mass is 113 g/mol. The van der Waals surface area contributed by atoms with Crippen LogP contribution in [0.5, 0.6) is 0 Å². The van der Waals surface area contributed by atoms with Gasteiger partial charge in [-0.1, -0.05) is 0 Å². The first-order chi connectivity index (χ1) is 3.18. The van der Waals surface area contributed by atoms with Crippen molar-refractivity contribution in [2.75, 3.05) is 6.61 Å². The Morgan fingerprint density at radius 2 is 2.00 bits per heavy atom. The van der Waals surface area contributed by atoms with E-state index in [1.807, 2.05) is 0 Å². The molecule has 0 aliphatic rings. The van der Waals surface area contributed by atoms with Gasteiger partial charge < -0.3 is 15.3 Å². The van der Waals surface area contributed by atoms with E-state index in [1.165, 1.54) is 0 Å². The van der Waals surface area contributed by atoms with E-state index in [0.717, 1.165) is 0 Å². The van der Waals surface area contributed by atoms with Crippen LogP contribution >= 0.6 is 0 Å². The van der Waals surface area contributed by atoms with E-state index < -0.39 is 18.7 Å². The molecule has 43 valence electrons. The fraction of sp³-hybridized carbons (Fsp3) is 0.667. The summed E-state index contributed by atoms with van der Waals surface area (Å²) in [5.41, 5.74) is 0. The molecule has 1 radical (unpaired) electrons. The first-order valence-corrected chi connectivity index (χ1v) is 1.70. The molecule has 0 saturated carbocycles. The van der Waals surface area contributed by atoms with Gasteiger partial charge >= 0.3 is 5.97 Å². The zero-order valence-corrected chi connectivity index (χ0v) is 4.53. The van der Waals surface area contributed by atoms with Crippen molar-refractivity contribution in [2.45, 2.75) is 6.10 Å². The van der Waals surface area contributed by atoms with Crippen LogP contribution in [0.1, 0.15) is 0 Å². The maximum atomic E-state index is 9.52. The molecule has 0 bridgehead atoms. The first kappa shape index (κ1) is 10.9. The van der Waals surface area contributed by atoms with Crippen LogP contribution in [0, 0.1) is 0 Å². The van der Waals surface area contributed by atoms with E-state index in [0.29, 0.717) is 0 Å². The number of hydrogen-bond acceptors (Lipinski definition) is 3. The maximum Gasteiger partial charge on any atom is 0.334 e. The minimum absolute atomic E-state index is 0. The van der Waals surface area contributed by atoms with Crippen LogP contribution in [-0.2, 0) is 4.79 Å². The van der Waals surface area contributed by atoms with Crippen LogP contribution in [0.4, 0.5) is 0 Å². The van der Waals surface area contributed by atoms with Crippen molar-refractivity contribution in [3.05, 3.63) is 0 Å². The van der Waals surface area contributed by atoms with Crippen LogP contribution in [0.3, 0.4) is 0 Å². The number of aliphatic hydroxyl groups excluding tert-OH is 2. The summed E-state index contributed by atoms with van der Waals surface area (Å²) in [6, 6.07) is 0. The summed E-state index contributed by atoms with van der Waals surface area (Å²) >= 11 is 0. The number of aliphatic carboxylic acids is 1. The molecule has 0 saturated heterocycles. The smallest absolute Gasteiger partial charge is 0.334 e. The number of rotatable bonds is 2. The Labute approximate surface area is 58.3 Å². The van der Waals surface area contributed by atoms with Gasteiger partial charge in [0.1, 0.15) is 0 Å². The van der Waals surface area contributed by atoms with Gasteiger partial charge in [0.15, 0.2) is 6.10 Å². The van der Waals surface area contributed by atoms with E-state index in [1.54, 1.807) is 0 Å². The summed E-state index contributed by atoms with van der Waals surface area (Å²) in [6.07, 6.45) is -1.63. The molecule has 0 aromatic rings. The predicted octanol–water partition coefficient (Wildman–Crippen LogP) is -1.96. The summed E-state index contributed by atoms with van der Waals surface area (Å²) < 4.78 is 0. The minimum atomic E-state index is -1.63. The van der Waals surface area contributed by atoms with Gasteiger partial charge in [-0.05, 0) is 0 Å². The minimum Gasteiger partial charge on any atom is -0.479 e. The van der Waals surface area contributed by atoms with Crippen LogP contribution < -0.4 is 0 Å². The van der Waals surface area contributed by atoms with Crippen LogP contribution in [0.15, 0.2) is 0 Å². The van der Waals surface area contributed by atoms with Gasteiger partial charge in [-0.25, -0.2) is 4.79 Å². The van der Waals surface area contributed by atoms with Crippen molar-refractivity contribution < 1.29 is 20.1 Å². The molecular weight excluding hydrogens is 107 g/mol. The molecule has 4 nitrogen and oxygen atoms in total. The van der Waals surface area contributed by atoms with Crippen molar-refractivity contribution >= 4 is 24.8 Å². The fourth-order valence-electron chi connectivity index (χ4n) is 0.0781. The Kier molecular flexibility index (Phi) is 6.98. The molecule has 0 aliphatic heterocycles. The van der Waals surface area contributed by atoms with Gasteiger partial charge in [0.25, 0.3) is 0 Å². The quantitative estimate of drug-likeness (QED) is 0.363. The van der Waals surface area contributed by atoms with Gasteiger partial charge in [-0.15, -0.1) is 0 Å². The molecule has 8 heavy (non-hydrogen) atoms. The second-order valence-electron chi connectivity index (χ2n) is 1.04. The van der Waals surface area contributed by atoms with Crippen molar-refractivity contribution in [2.24, 2.45) is 0 Å². The fourth-order valence-corrected chi connectivity index (χ4v) is 0.0781. The Balaban J connectivity index is 0. The van der Waals surface area contributed by atoms with Gasteiger partial charge in [0.05, 0.1) is 6.61 Å². The van der Waals surface area contributed by atoms with Gasteiger partial charge in [-0.2, -0.15) is 0 Å². The molecule has 0 aromatic carbocycles. The maximum absolute atomic E-state index is 9.52. The van der Waals surface area contributed by atoms with Crippen molar-refractivity contribution in [1.29, 1.82) is 0 Å². The Morgan fingerprint density at radius 1 is 1.62 bits per heavy atom. The standard InChI is InChI=1S/C3H6O4.Li/c4-1-2(5)3(6)7;/h2,4-5H,1H2,(H,6,7);. The van der Waals surface area contributed by atoms with Crippen molar-refractivity contribution in [3.63, 3.8) is 0 Å². The normalized spacial score (nSPS) is 11.8.